The summed E-state index contributed by atoms with van der Waals surface area (Å²) in [6.45, 7) is 10.4. The maximum atomic E-state index is 12.3. The van der Waals surface area contributed by atoms with Crippen LogP contribution in [0.2, 0.25) is 0 Å². The van der Waals surface area contributed by atoms with Gasteiger partial charge in [0.1, 0.15) is 0 Å². The van der Waals surface area contributed by atoms with E-state index in [0.29, 0.717) is 5.56 Å². The lowest BCUT2D eigenvalue weighted by Crippen LogP contribution is -2.61. The second kappa shape index (κ2) is 7.66. The van der Waals surface area contributed by atoms with Gasteiger partial charge in [0.05, 0.1) is 5.56 Å². The van der Waals surface area contributed by atoms with Gasteiger partial charge in [0.2, 0.25) is 0 Å². The van der Waals surface area contributed by atoms with E-state index < -0.39 is 5.97 Å². The van der Waals surface area contributed by atoms with Crippen LogP contribution in [0.15, 0.2) is 24.3 Å². The van der Waals surface area contributed by atoms with Crippen LogP contribution >= 0.6 is 0 Å². The van der Waals surface area contributed by atoms with E-state index in [1.807, 2.05) is 30.9 Å². The highest BCUT2D eigenvalue weighted by molar-refractivity contribution is 5.87. The number of amides is 2. The van der Waals surface area contributed by atoms with Crippen molar-refractivity contribution in [1.82, 2.24) is 15.1 Å². The highest BCUT2D eigenvalue weighted by Crippen LogP contribution is 2.18. The zero-order valence-corrected chi connectivity index (χ0v) is 14.8. The lowest BCUT2D eigenvalue weighted by atomic mass is 10.1. The summed E-state index contributed by atoms with van der Waals surface area (Å²) in [5.41, 5.74) is 1.38. The SMILES string of the molecule is CC(C)NC(=O)N1[C@H](C)CN(Cc2ccc(C(=O)O)cc2)C[C@@H]1C. The number of urea groups is 1. The van der Waals surface area contributed by atoms with Crippen molar-refractivity contribution in [2.24, 2.45) is 0 Å². The predicted octanol–water partition coefficient (Wildman–Crippen LogP) is 2.40. The van der Waals surface area contributed by atoms with Crippen LogP contribution in [0.4, 0.5) is 4.79 Å². The summed E-state index contributed by atoms with van der Waals surface area (Å²) >= 11 is 0. The number of carboxylic acid groups (broad SMARTS) is 1. The largest absolute Gasteiger partial charge is 0.478 e. The molecule has 24 heavy (non-hydrogen) atoms. The molecule has 6 heteroatoms. The van der Waals surface area contributed by atoms with Crippen LogP contribution in [0.1, 0.15) is 43.6 Å². The van der Waals surface area contributed by atoms with Gasteiger partial charge in [-0.25, -0.2) is 9.59 Å². The molecular weight excluding hydrogens is 306 g/mol. The Balaban J connectivity index is 1.98. The number of carbonyl (C=O) groups excluding carboxylic acids is 1. The molecule has 0 unspecified atom stereocenters. The number of benzene rings is 1. The number of piperazine rings is 1. The Morgan fingerprint density at radius 3 is 2.17 bits per heavy atom. The first-order valence-electron chi connectivity index (χ1n) is 8.41. The second-order valence-corrected chi connectivity index (χ2v) is 6.91. The van der Waals surface area contributed by atoms with Gasteiger partial charge in [-0.2, -0.15) is 0 Å². The molecule has 1 aliphatic heterocycles. The molecule has 0 saturated carbocycles. The Bertz CT molecular complexity index is 574. The van der Waals surface area contributed by atoms with Gasteiger partial charge in [0.15, 0.2) is 0 Å². The summed E-state index contributed by atoms with van der Waals surface area (Å²) in [6, 6.07) is 7.37. The molecule has 0 aliphatic carbocycles. The van der Waals surface area contributed by atoms with Gasteiger partial charge >= 0.3 is 12.0 Å². The first-order chi connectivity index (χ1) is 11.3. The fraction of sp³-hybridized carbons (Fsp3) is 0.556. The van der Waals surface area contributed by atoms with Gasteiger partial charge in [-0.3, -0.25) is 4.90 Å². The van der Waals surface area contributed by atoms with Crippen LogP contribution in [-0.4, -0.2) is 58.1 Å². The molecule has 2 rings (SSSR count). The molecule has 0 radical (unpaired) electrons. The Kier molecular flexibility index (Phi) is 5.83. The predicted molar refractivity (Wildman–Crippen MR) is 93.1 cm³/mol. The maximum Gasteiger partial charge on any atom is 0.335 e. The molecule has 132 valence electrons. The van der Waals surface area contributed by atoms with Crippen molar-refractivity contribution in [1.29, 1.82) is 0 Å². The van der Waals surface area contributed by atoms with Crippen molar-refractivity contribution >= 4 is 12.0 Å². The monoisotopic (exact) mass is 333 g/mol. The Morgan fingerprint density at radius 2 is 1.71 bits per heavy atom. The Hall–Kier alpha value is -2.08. The number of nitrogens with one attached hydrogen (secondary N) is 1. The van der Waals surface area contributed by atoms with Crippen LogP contribution in [0, 0.1) is 0 Å². The summed E-state index contributed by atoms with van der Waals surface area (Å²) < 4.78 is 0. The summed E-state index contributed by atoms with van der Waals surface area (Å²) in [5, 5.41) is 11.9. The normalized spacial score (nSPS) is 21.8. The molecule has 0 aromatic heterocycles. The van der Waals surface area contributed by atoms with E-state index in [9.17, 15) is 9.59 Å². The molecule has 2 atom stereocenters. The molecule has 1 saturated heterocycles. The molecule has 2 N–H and O–H groups in total. The molecule has 1 fully saturated rings. The number of hydrogen-bond acceptors (Lipinski definition) is 3. The minimum atomic E-state index is -0.909. The molecule has 1 aromatic rings. The number of carbonyl (C=O) groups is 2. The number of carboxylic acids is 1. The molecule has 0 bridgehead atoms. The quantitative estimate of drug-likeness (QED) is 0.887. The minimum absolute atomic E-state index is 0.00420. The molecule has 1 heterocycles. The number of aromatic carboxylic acids is 1. The van der Waals surface area contributed by atoms with Crippen molar-refractivity contribution in [3.63, 3.8) is 0 Å². The fourth-order valence-corrected chi connectivity index (χ4v) is 3.29. The van der Waals surface area contributed by atoms with Gasteiger partial charge in [-0.1, -0.05) is 12.1 Å². The number of nitrogens with zero attached hydrogens (tertiary/aromatic N) is 2. The standard InChI is InChI=1S/C18H27N3O3/c1-12(2)19-18(24)21-13(3)9-20(10-14(21)4)11-15-5-7-16(8-6-15)17(22)23/h5-8,12-14H,9-11H2,1-4H3,(H,19,24)(H,22,23)/t13-,14+. The maximum absolute atomic E-state index is 12.3. The Morgan fingerprint density at radius 1 is 1.17 bits per heavy atom. The third-order valence-corrected chi connectivity index (χ3v) is 4.25. The van der Waals surface area contributed by atoms with Crippen LogP contribution in [0.25, 0.3) is 0 Å². The van der Waals surface area contributed by atoms with Crippen LogP contribution in [0.3, 0.4) is 0 Å². The summed E-state index contributed by atoms with van der Waals surface area (Å²) in [6.07, 6.45) is 0. The fourth-order valence-electron chi connectivity index (χ4n) is 3.29. The summed E-state index contributed by atoms with van der Waals surface area (Å²) in [7, 11) is 0. The molecule has 1 aliphatic rings. The van der Waals surface area contributed by atoms with E-state index in [-0.39, 0.29) is 24.2 Å². The highest BCUT2D eigenvalue weighted by Gasteiger charge is 2.32. The lowest BCUT2D eigenvalue weighted by Gasteiger charge is -2.44. The van der Waals surface area contributed by atoms with E-state index in [0.717, 1.165) is 25.2 Å². The third-order valence-electron chi connectivity index (χ3n) is 4.25. The summed E-state index contributed by atoms with van der Waals surface area (Å²) in [4.78, 5) is 27.5. The first kappa shape index (κ1) is 18.3. The van der Waals surface area contributed by atoms with E-state index in [1.54, 1.807) is 12.1 Å². The van der Waals surface area contributed by atoms with Gasteiger partial charge < -0.3 is 15.3 Å². The molecule has 6 nitrogen and oxygen atoms in total. The Labute approximate surface area is 143 Å². The van der Waals surface area contributed by atoms with Gasteiger partial charge in [-0.05, 0) is 45.4 Å². The number of hydrogen-bond donors (Lipinski definition) is 2. The number of rotatable bonds is 4. The van der Waals surface area contributed by atoms with E-state index in [4.69, 9.17) is 5.11 Å². The van der Waals surface area contributed by atoms with Crippen molar-refractivity contribution in [2.45, 2.75) is 52.4 Å². The first-order valence-corrected chi connectivity index (χ1v) is 8.41. The van der Waals surface area contributed by atoms with E-state index in [2.05, 4.69) is 24.1 Å². The van der Waals surface area contributed by atoms with Crippen molar-refractivity contribution < 1.29 is 14.7 Å². The molecule has 1 aromatic carbocycles. The topological polar surface area (TPSA) is 72.9 Å². The van der Waals surface area contributed by atoms with Crippen molar-refractivity contribution in [3.05, 3.63) is 35.4 Å². The van der Waals surface area contributed by atoms with Gasteiger partial charge in [0, 0.05) is 37.8 Å². The molecule has 0 spiro atoms. The third kappa shape index (κ3) is 4.47. The van der Waals surface area contributed by atoms with Gasteiger partial charge in [-0.15, -0.1) is 0 Å². The minimum Gasteiger partial charge on any atom is -0.478 e. The van der Waals surface area contributed by atoms with Crippen LogP contribution < -0.4 is 5.32 Å². The zero-order valence-electron chi connectivity index (χ0n) is 14.8. The van der Waals surface area contributed by atoms with Crippen molar-refractivity contribution in [2.75, 3.05) is 13.1 Å². The van der Waals surface area contributed by atoms with E-state index >= 15 is 0 Å². The summed E-state index contributed by atoms with van der Waals surface area (Å²) in [5.74, 6) is -0.909. The average molecular weight is 333 g/mol. The van der Waals surface area contributed by atoms with E-state index in [1.165, 1.54) is 0 Å². The van der Waals surface area contributed by atoms with Gasteiger partial charge in [0.25, 0.3) is 0 Å². The van der Waals surface area contributed by atoms with Crippen molar-refractivity contribution in [3.8, 4) is 0 Å². The lowest BCUT2D eigenvalue weighted by molar-refractivity contribution is 0.0593. The molecule has 2 amide bonds. The van der Waals surface area contributed by atoms with Crippen LogP contribution in [-0.2, 0) is 6.54 Å². The smallest absolute Gasteiger partial charge is 0.335 e. The highest BCUT2D eigenvalue weighted by atomic mass is 16.4. The van der Waals surface area contributed by atoms with Crippen LogP contribution in [0.5, 0.6) is 0 Å². The molecular formula is C18H27N3O3. The second-order valence-electron chi connectivity index (χ2n) is 6.91. The average Bonchev–Trinajstić information content (AvgIpc) is 2.46. The zero-order chi connectivity index (χ0) is 17.9.